The van der Waals surface area contributed by atoms with Crippen molar-refractivity contribution in [2.45, 2.75) is 13.0 Å². The maximum Gasteiger partial charge on any atom is 0.173 e. The third kappa shape index (κ3) is 1.65. The van der Waals surface area contributed by atoms with Crippen molar-refractivity contribution < 1.29 is 8.78 Å². The molecule has 0 fully saturated rings. The lowest BCUT2D eigenvalue weighted by Crippen LogP contribution is -2.15. The van der Waals surface area contributed by atoms with Crippen molar-refractivity contribution in [1.82, 2.24) is 20.2 Å². The predicted molar refractivity (Wildman–Crippen MR) is 51.7 cm³/mol. The topological polar surface area (TPSA) is 69.6 Å². The van der Waals surface area contributed by atoms with Crippen molar-refractivity contribution in [3.63, 3.8) is 0 Å². The van der Waals surface area contributed by atoms with Crippen molar-refractivity contribution in [2.75, 3.05) is 0 Å². The number of nitrogens with two attached hydrogens (primary N) is 1. The van der Waals surface area contributed by atoms with E-state index in [1.807, 2.05) is 0 Å². The van der Waals surface area contributed by atoms with E-state index in [1.165, 1.54) is 6.07 Å². The monoisotopic (exact) mass is 225 g/mol. The fourth-order valence-electron chi connectivity index (χ4n) is 1.33. The molecule has 0 aliphatic rings. The molecule has 0 saturated carbocycles. The van der Waals surface area contributed by atoms with Crippen LogP contribution < -0.4 is 5.73 Å². The van der Waals surface area contributed by atoms with Gasteiger partial charge in [0, 0.05) is 0 Å². The van der Waals surface area contributed by atoms with E-state index in [0.717, 1.165) is 16.8 Å². The Kier molecular flexibility index (Phi) is 2.61. The fraction of sp³-hybridized carbons (Fsp3) is 0.222. The van der Waals surface area contributed by atoms with Crippen LogP contribution in [0.2, 0.25) is 0 Å². The number of halogens is 2. The van der Waals surface area contributed by atoms with Gasteiger partial charge < -0.3 is 5.73 Å². The molecule has 1 aromatic carbocycles. The molecule has 1 heterocycles. The molecule has 1 atom stereocenters. The Morgan fingerprint density at radius 3 is 2.50 bits per heavy atom. The molecule has 5 nitrogen and oxygen atoms in total. The summed E-state index contributed by atoms with van der Waals surface area (Å²) in [5.41, 5.74) is 5.27. The smallest absolute Gasteiger partial charge is 0.173 e. The Balaban J connectivity index is 2.63. The number of benzene rings is 1. The van der Waals surface area contributed by atoms with E-state index < -0.39 is 17.7 Å². The summed E-state index contributed by atoms with van der Waals surface area (Å²) >= 11 is 0. The first-order valence-corrected chi connectivity index (χ1v) is 4.59. The molecular weight excluding hydrogens is 216 g/mol. The lowest BCUT2D eigenvalue weighted by Gasteiger charge is -2.08. The van der Waals surface area contributed by atoms with Gasteiger partial charge >= 0.3 is 0 Å². The minimum absolute atomic E-state index is 0.198. The van der Waals surface area contributed by atoms with Crippen molar-refractivity contribution >= 4 is 0 Å². The van der Waals surface area contributed by atoms with Gasteiger partial charge in [-0.25, -0.2) is 8.78 Å². The molecule has 0 spiro atoms. The normalized spacial score (nSPS) is 12.8. The molecule has 0 aliphatic heterocycles. The maximum absolute atomic E-state index is 13.5. The van der Waals surface area contributed by atoms with Crippen LogP contribution in [0.25, 0.3) is 5.69 Å². The van der Waals surface area contributed by atoms with Gasteiger partial charge in [0.15, 0.2) is 17.5 Å². The van der Waals surface area contributed by atoms with Gasteiger partial charge in [-0.05, 0) is 29.5 Å². The standard InChI is InChI=1S/C9H9F2N5/c1-5(12)9-13-14-15-16(9)8-6(10)3-2-4-7(8)11/h2-5H,12H2,1H3. The molecule has 0 bridgehead atoms. The molecule has 0 radical (unpaired) electrons. The molecular formula is C9H9F2N5. The second kappa shape index (κ2) is 3.93. The zero-order valence-electron chi connectivity index (χ0n) is 8.43. The highest BCUT2D eigenvalue weighted by molar-refractivity contribution is 5.34. The average molecular weight is 225 g/mol. The van der Waals surface area contributed by atoms with Crippen molar-refractivity contribution in [3.8, 4) is 5.69 Å². The molecule has 16 heavy (non-hydrogen) atoms. The molecule has 0 saturated heterocycles. The van der Waals surface area contributed by atoms with E-state index in [9.17, 15) is 8.78 Å². The zero-order valence-corrected chi connectivity index (χ0v) is 8.43. The Hall–Kier alpha value is -1.89. The summed E-state index contributed by atoms with van der Waals surface area (Å²) in [7, 11) is 0. The first-order valence-electron chi connectivity index (χ1n) is 4.59. The minimum Gasteiger partial charge on any atom is -0.321 e. The van der Waals surface area contributed by atoms with Crippen LogP contribution in [0, 0.1) is 11.6 Å². The van der Waals surface area contributed by atoms with Gasteiger partial charge in [-0.15, -0.1) is 5.10 Å². The number of hydrogen-bond donors (Lipinski definition) is 1. The maximum atomic E-state index is 13.5. The fourth-order valence-corrected chi connectivity index (χ4v) is 1.33. The SMILES string of the molecule is CC(N)c1nnnn1-c1c(F)cccc1F. The Bertz CT molecular complexity index is 488. The van der Waals surface area contributed by atoms with Crippen LogP contribution in [0.3, 0.4) is 0 Å². The van der Waals surface area contributed by atoms with Crippen LogP contribution in [0.15, 0.2) is 18.2 Å². The van der Waals surface area contributed by atoms with Gasteiger partial charge in [0.25, 0.3) is 0 Å². The molecule has 2 rings (SSSR count). The summed E-state index contributed by atoms with van der Waals surface area (Å²) in [6.07, 6.45) is 0. The van der Waals surface area contributed by atoms with E-state index >= 15 is 0 Å². The highest BCUT2D eigenvalue weighted by Crippen LogP contribution is 2.18. The molecule has 7 heteroatoms. The first-order chi connectivity index (χ1) is 7.61. The number of nitrogens with zero attached hydrogens (tertiary/aromatic N) is 4. The molecule has 0 amide bonds. The Labute approximate surface area is 89.9 Å². The van der Waals surface area contributed by atoms with E-state index in [-0.39, 0.29) is 11.5 Å². The highest BCUT2D eigenvalue weighted by Gasteiger charge is 2.18. The third-order valence-corrected chi connectivity index (χ3v) is 2.05. The average Bonchev–Trinajstić information content (AvgIpc) is 2.66. The summed E-state index contributed by atoms with van der Waals surface area (Å²) in [5, 5.41) is 10.5. The van der Waals surface area contributed by atoms with Gasteiger partial charge in [-0.1, -0.05) is 6.07 Å². The second-order valence-electron chi connectivity index (χ2n) is 3.31. The van der Waals surface area contributed by atoms with Crippen LogP contribution in [-0.4, -0.2) is 20.2 Å². The lowest BCUT2D eigenvalue weighted by atomic mass is 10.2. The van der Waals surface area contributed by atoms with Gasteiger partial charge in [0.05, 0.1) is 6.04 Å². The largest absolute Gasteiger partial charge is 0.321 e. The number of tetrazole rings is 1. The first kappa shape index (κ1) is 10.6. The second-order valence-corrected chi connectivity index (χ2v) is 3.31. The minimum atomic E-state index is -0.741. The molecule has 0 aliphatic carbocycles. The number of rotatable bonds is 2. The lowest BCUT2D eigenvalue weighted by molar-refractivity contribution is 0.546. The predicted octanol–water partition coefficient (Wildman–Crippen LogP) is 0.960. The summed E-state index contributed by atoms with van der Waals surface area (Å²) in [6, 6.07) is 3.01. The van der Waals surface area contributed by atoms with Crippen LogP contribution >= 0.6 is 0 Å². The summed E-state index contributed by atoms with van der Waals surface area (Å²) < 4.78 is 27.9. The van der Waals surface area contributed by atoms with Crippen molar-refractivity contribution in [2.24, 2.45) is 5.73 Å². The summed E-state index contributed by atoms with van der Waals surface area (Å²) in [6.45, 7) is 1.63. The van der Waals surface area contributed by atoms with E-state index in [0.29, 0.717) is 0 Å². The highest BCUT2D eigenvalue weighted by atomic mass is 19.1. The van der Waals surface area contributed by atoms with Crippen LogP contribution in [0.1, 0.15) is 18.8 Å². The zero-order chi connectivity index (χ0) is 11.7. The van der Waals surface area contributed by atoms with Crippen LogP contribution in [-0.2, 0) is 0 Å². The van der Waals surface area contributed by atoms with E-state index in [1.54, 1.807) is 6.92 Å². The van der Waals surface area contributed by atoms with Crippen molar-refractivity contribution in [1.29, 1.82) is 0 Å². The van der Waals surface area contributed by atoms with Gasteiger partial charge in [-0.3, -0.25) is 0 Å². The Morgan fingerprint density at radius 2 is 1.94 bits per heavy atom. The third-order valence-electron chi connectivity index (χ3n) is 2.05. The van der Waals surface area contributed by atoms with Gasteiger partial charge in [0.1, 0.15) is 5.69 Å². The Morgan fingerprint density at radius 1 is 1.31 bits per heavy atom. The van der Waals surface area contributed by atoms with Crippen LogP contribution in [0.5, 0.6) is 0 Å². The quantitative estimate of drug-likeness (QED) is 0.826. The molecule has 1 aromatic heterocycles. The summed E-state index contributed by atoms with van der Waals surface area (Å²) in [4.78, 5) is 0. The molecule has 2 N–H and O–H groups in total. The van der Waals surface area contributed by atoms with Crippen molar-refractivity contribution in [3.05, 3.63) is 35.7 Å². The molecule has 84 valence electrons. The molecule has 1 unspecified atom stereocenters. The van der Waals surface area contributed by atoms with Gasteiger partial charge in [-0.2, -0.15) is 4.68 Å². The van der Waals surface area contributed by atoms with E-state index in [2.05, 4.69) is 15.5 Å². The van der Waals surface area contributed by atoms with Gasteiger partial charge in [0.2, 0.25) is 0 Å². The number of para-hydroxylation sites is 1. The van der Waals surface area contributed by atoms with Crippen LogP contribution in [0.4, 0.5) is 8.78 Å². The van der Waals surface area contributed by atoms with E-state index in [4.69, 9.17) is 5.73 Å². The number of hydrogen-bond acceptors (Lipinski definition) is 4. The molecule has 2 aromatic rings. The summed E-state index contributed by atoms with van der Waals surface area (Å²) in [5.74, 6) is -1.28. The number of aromatic nitrogens is 4.